The molecule has 0 radical (unpaired) electrons. The Morgan fingerprint density at radius 3 is 3.00 bits per heavy atom. The maximum atomic E-state index is 8.73. The van der Waals surface area contributed by atoms with Crippen LogP contribution in [0.4, 0.5) is 0 Å². The molecule has 18 heavy (non-hydrogen) atoms. The van der Waals surface area contributed by atoms with Crippen molar-refractivity contribution in [3.05, 3.63) is 45.9 Å². The molecule has 0 saturated heterocycles. The Morgan fingerprint density at radius 2 is 2.33 bits per heavy atom. The molecule has 0 spiro atoms. The molecule has 0 unspecified atom stereocenters. The van der Waals surface area contributed by atoms with E-state index >= 15 is 0 Å². The number of oxime groups is 1. The zero-order valence-electron chi connectivity index (χ0n) is 10.3. The van der Waals surface area contributed by atoms with Gasteiger partial charge in [0.05, 0.1) is 16.4 Å². The van der Waals surface area contributed by atoms with Crippen molar-refractivity contribution in [1.29, 1.82) is 0 Å². The maximum absolute atomic E-state index is 8.73. The minimum absolute atomic E-state index is 0.448. The predicted octanol–water partition coefficient (Wildman–Crippen LogP) is 3.23. The molecule has 0 fully saturated rings. The molecule has 5 heteroatoms. The van der Waals surface area contributed by atoms with Crippen LogP contribution in [0.3, 0.4) is 0 Å². The van der Waals surface area contributed by atoms with Gasteiger partial charge in [-0.3, -0.25) is 0 Å². The van der Waals surface area contributed by atoms with Crippen LogP contribution in [0, 0.1) is 6.92 Å². The number of thiazole rings is 1. The second kappa shape index (κ2) is 5.64. The first-order valence-electron chi connectivity index (χ1n) is 5.52. The maximum Gasteiger partial charge on any atom is 0.131 e. The average Bonchev–Trinajstić information content (AvgIpc) is 2.81. The molecule has 1 heterocycles. The molecule has 0 aliphatic heterocycles. The van der Waals surface area contributed by atoms with Crippen molar-refractivity contribution in [2.75, 3.05) is 0 Å². The van der Waals surface area contributed by atoms with Gasteiger partial charge in [-0.15, -0.1) is 11.3 Å². The molecule has 0 saturated carbocycles. The van der Waals surface area contributed by atoms with E-state index in [9.17, 15) is 0 Å². The highest BCUT2D eigenvalue weighted by molar-refractivity contribution is 7.09. The largest absolute Gasteiger partial charge is 0.487 e. The number of aromatic nitrogens is 1. The lowest BCUT2D eigenvalue weighted by atomic mass is 10.1. The quantitative estimate of drug-likeness (QED) is 0.523. The summed E-state index contributed by atoms with van der Waals surface area (Å²) in [6.45, 7) is 4.15. The van der Waals surface area contributed by atoms with Gasteiger partial charge in [0, 0.05) is 10.9 Å². The molecular formula is C13H14N2O2S. The highest BCUT2D eigenvalue weighted by Gasteiger charge is 2.02. The second-order valence-electron chi connectivity index (χ2n) is 3.86. The van der Waals surface area contributed by atoms with Crippen LogP contribution in [0.5, 0.6) is 5.75 Å². The van der Waals surface area contributed by atoms with E-state index in [1.807, 2.05) is 36.6 Å². The Bertz CT molecular complexity index is 564. The standard InChI is InChI=1S/C13H14N2O2S/c1-9(15-16)11-4-3-5-13(6-11)17-7-12-8-18-10(2)14-12/h3-6,8,16H,7H2,1-2H3. The van der Waals surface area contributed by atoms with Crippen LogP contribution in [0.15, 0.2) is 34.8 Å². The monoisotopic (exact) mass is 262 g/mol. The van der Waals surface area contributed by atoms with Gasteiger partial charge in [0.1, 0.15) is 12.4 Å². The summed E-state index contributed by atoms with van der Waals surface area (Å²) in [5.74, 6) is 0.737. The van der Waals surface area contributed by atoms with Crippen molar-refractivity contribution in [3.63, 3.8) is 0 Å². The first-order valence-corrected chi connectivity index (χ1v) is 6.40. The molecule has 4 nitrogen and oxygen atoms in total. The molecule has 0 atom stereocenters. The third-order valence-electron chi connectivity index (χ3n) is 2.46. The number of aryl methyl sites for hydroxylation is 1. The summed E-state index contributed by atoms with van der Waals surface area (Å²) in [7, 11) is 0. The first-order chi connectivity index (χ1) is 8.69. The first kappa shape index (κ1) is 12.6. The Balaban J connectivity index is 2.05. The Labute approximate surface area is 110 Å². The van der Waals surface area contributed by atoms with Gasteiger partial charge in [-0.25, -0.2) is 4.98 Å². The lowest BCUT2D eigenvalue weighted by molar-refractivity contribution is 0.302. The molecule has 0 aliphatic rings. The highest BCUT2D eigenvalue weighted by atomic mass is 32.1. The van der Waals surface area contributed by atoms with Gasteiger partial charge >= 0.3 is 0 Å². The SMILES string of the molecule is CC(=NO)c1cccc(OCc2csc(C)n2)c1. The molecule has 0 aliphatic carbocycles. The van der Waals surface area contributed by atoms with Crippen LogP contribution in [0.2, 0.25) is 0 Å². The van der Waals surface area contributed by atoms with E-state index in [0.29, 0.717) is 12.3 Å². The normalized spacial score (nSPS) is 11.6. The molecule has 2 aromatic rings. The van der Waals surface area contributed by atoms with Crippen molar-refractivity contribution < 1.29 is 9.94 Å². The molecule has 94 valence electrons. The third kappa shape index (κ3) is 3.07. The van der Waals surface area contributed by atoms with Crippen molar-refractivity contribution in [1.82, 2.24) is 4.98 Å². The summed E-state index contributed by atoms with van der Waals surface area (Å²) < 4.78 is 5.65. The van der Waals surface area contributed by atoms with Crippen LogP contribution < -0.4 is 4.74 Å². The number of rotatable bonds is 4. The van der Waals surface area contributed by atoms with E-state index in [2.05, 4.69) is 10.1 Å². The molecule has 1 aromatic heterocycles. The van der Waals surface area contributed by atoms with Gasteiger partial charge in [0.15, 0.2) is 0 Å². The summed E-state index contributed by atoms with van der Waals surface area (Å²) in [6, 6.07) is 7.45. The van der Waals surface area contributed by atoms with Gasteiger partial charge < -0.3 is 9.94 Å². The van der Waals surface area contributed by atoms with Crippen molar-refractivity contribution in [2.24, 2.45) is 5.16 Å². The zero-order valence-corrected chi connectivity index (χ0v) is 11.1. The predicted molar refractivity (Wildman–Crippen MR) is 71.6 cm³/mol. The van der Waals surface area contributed by atoms with Crippen molar-refractivity contribution in [3.8, 4) is 5.75 Å². The topological polar surface area (TPSA) is 54.7 Å². The van der Waals surface area contributed by atoms with Crippen LogP contribution in [-0.4, -0.2) is 15.9 Å². The van der Waals surface area contributed by atoms with Gasteiger partial charge in [-0.1, -0.05) is 17.3 Å². The fraction of sp³-hybridized carbons (Fsp3) is 0.231. The molecule has 1 aromatic carbocycles. The fourth-order valence-electron chi connectivity index (χ4n) is 1.50. The number of nitrogens with zero attached hydrogens (tertiary/aromatic N) is 2. The number of ether oxygens (including phenoxy) is 1. The van der Waals surface area contributed by atoms with E-state index < -0.39 is 0 Å². The van der Waals surface area contributed by atoms with E-state index in [1.165, 1.54) is 0 Å². The molecular weight excluding hydrogens is 248 g/mol. The summed E-state index contributed by atoms with van der Waals surface area (Å²) in [5.41, 5.74) is 2.32. The second-order valence-corrected chi connectivity index (χ2v) is 4.92. The Kier molecular flexibility index (Phi) is 3.94. The minimum Gasteiger partial charge on any atom is -0.487 e. The highest BCUT2D eigenvalue weighted by Crippen LogP contribution is 2.16. The summed E-state index contributed by atoms with van der Waals surface area (Å²) >= 11 is 1.61. The summed E-state index contributed by atoms with van der Waals surface area (Å²) in [4.78, 5) is 4.33. The van der Waals surface area contributed by atoms with Gasteiger partial charge in [-0.05, 0) is 26.0 Å². The van der Waals surface area contributed by atoms with E-state index in [0.717, 1.165) is 22.0 Å². The Morgan fingerprint density at radius 1 is 1.50 bits per heavy atom. The average molecular weight is 262 g/mol. The zero-order chi connectivity index (χ0) is 13.0. The van der Waals surface area contributed by atoms with E-state index in [-0.39, 0.29) is 0 Å². The van der Waals surface area contributed by atoms with Crippen molar-refractivity contribution >= 4 is 17.0 Å². The minimum atomic E-state index is 0.448. The van der Waals surface area contributed by atoms with Gasteiger partial charge in [-0.2, -0.15) is 0 Å². The molecule has 2 rings (SSSR count). The number of hydrogen-bond acceptors (Lipinski definition) is 5. The van der Waals surface area contributed by atoms with E-state index in [4.69, 9.17) is 9.94 Å². The smallest absolute Gasteiger partial charge is 0.131 e. The lowest BCUT2D eigenvalue weighted by Gasteiger charge is -2.06. The third-order valence-corrected chi connectivity index (χ3v) is 3.28. The number of hydrogen-bond donors (Lipinski definition) is 1. The van der Waals surface area contributed by atoms with Gasteiger partial charge in [0.25, 0.3) is 0 Å². The van der Waals surface area contributed by atoms with Crippen LogP contribution in [-0.2, 0) is 6.61 Å². The van der Waals surface area contributed by atoms with Crippen LogP contribution in [0.25, 0.3) is 0 Å². The van der Waals surface area contributed by atoms with Gasteiger partial charge in [0.2, 0.25) is 0 Å². The van der Waals surface area contributed by atoms with E-state index in [1.54, 1.807) is 18.3 Å². The lowest BCUT2D eigenvalue weighted by Crippen LogP contribution is -1.98. The molecule has 1 N–H and O–H groups in total. The van der Waals surface area contributed by atoms with Crippen LogP contribution in [0.1, 0.15) is 23.2 Å². The summed E-state index contributed by atoms with van der Waals surface area (Å²) in [5, 5.41) is 14.9. The molecule has 0 amide bonds. The fourth-order valence-corrected chi connectivity index (χ4v) is 2.10. The van der Waals surface area contributed by atoms with Crippen LogP contribution >= 0.6 is 11.3 Å². The van der Waals surface area contributed by atoms with Crippen molar-refractivity contribution in [2.45, 2.75) is 20.5 Å². The Hall–Kier alpha value is -1.88. The summed E-state index contributed by atoms with van der Waals surface area (Å²) in [6.07, 6.45) is 0. The molecule has 0 bridgehead atoms. The number of benzene rings is 1.